The maximum absolute atomic E-state index is 5.72. The molecule has 4 heteroatoms. The van der Waals surface area contributed by atoms with Crippen molar-refractivity contribution in [1.82, 2.24) is 0 Å². The van der Waals surface area contributed by atoms with Gasteiger partial charge in [-0.25, -0.2) is 0 Å². The van der Waals surface area contributed by atoms with E-state index in [2.05, 4.69) is 48.5 Å². The molecule has 0 spiro atoms. The van der Waals surface area contributed by atoms with Crippen molar-refractivity contribution in [2.24, 2.45) is 0 Å². The van der Waals surface area contributed by atoms with E-state index in [-0.39, 0.29) is 6.79 Å². The molecule has 0 aliphatic carbocycles. The van der Waals surface area contributed by atoms with Crippen molar-refractivity contribution in [3.63, 3.8) is 0 Å². The molecule has 2 saturated heterocycles. The van der Waals surface area contributed by atoms with Gasteiger partial charge in [0.25, 0.3) is 0 Å². The lowest BCUT2D eigenvalue weighted by Crippen LogP contribution is -2.05. The Bertz CT molecular complexity index is 924. The zero-order valence-electron chi connectivity index (χ0n) is 16.3. The number of benzene rings is 3. The Morgan fingerprint density at radius 1 is 0.586 bits per heavy atom. The number of hydrogen-bond donors (Lipinski definition) is 0. The fourth-order valence-electron chi connectivity index (χ4n) is 3.36. The highest BCUT2D eigenvalue weighted by molar-refractivity contribution is 5.64. The van der Waals surface area contributed by atoms with E-state index in [1.54, 1.807) is 0 Å². The van der Waals surface area contributed by atoms with E-state index in [9.17, 15) is 0 Å². The molecule has 0 saturated carbocycles. The molecule has 148 valence electrons. The summed E-state index contributed by atoms with van der Waals surface area (Å²) in [4.78, 5) is 0. The molecule has 2 fully saturated rings. The highest BCUT2D eigenvalue weighted by atomic mass is 16.7. The Kier molecular flexibility index (Phi) is 5.20. The molecule has 0 bridgehead atoms. The lowest BCUT2D eigenvalue weighted by molar-refractivity contribution is 0.120. The van der Waals surface area contributed by atoms with Crippen molar-refractivity contribution >= 4 is 0 Å². The van der Waals surface area contributed by atoms with Crippen LogP contribution in [-0.2, 0) is 22.3 Å². The number of hydrogen-bond acceptors (Lipinski definition) is 4. The predicted molar refractivity (Wildman–Crippen MR) is 111 cm³/mol. The van der Waals surface area contributed by atoms with E-state index in [0.29, 0.717) is 12.2 Å². The third-order valence-electron chi connectivity index (χ3n) is 5.25. The van der Waals surface area contributed by atoms with Crippen molar-refractivity contribution in [1.29, 1.82) is 0 Å². The summed E-state index contributed by atoms with van der Waals surface area (Å²) in [6.45, 7) is 1.96. The normalized spacial score (nSPS) is 19.6. The molecule has 4 nitrogen and oxygen atoms in total. The second-order valence-electron chi connectivity index (χ2n) is 7.59. The van der Waals surface area contributed by atoms with Crippen LogP contribution in [0.25, 0.3) is 11.1 Å². The minimum atomic E-state index is 0.183. The molecule has 0 aromatic heterocycles. The van der Waals surface area contributed by atoms with E-state index >= 15 is 0 Å². The first-order valence-electron chi connectivity index (χ1n) is 10.1. The number of epoxide rings is 2. The average Bonchev–Trinajstić information content (AvgIpc) is 3.68. The Morgan fingerprint density at radius 2 is 0.966 bits per heavy atom. The van der Waals surface area contributed by atoms with Crippen molar-refractivity contribution in [2.45, 2.75) is 25.0 Å². The highest BCUT2D eigenvalue weighted by Gasteiger charge is 2.22. The standard InChI is InChI=1S/C25H24O4/c1-5-20(6-2-18(1)13-24-15-26-24)21-7-11-23(12-8-21)29-17-28-22-9-3-19(4-10-22)14-25-16-27-25/h1-12,24-25H,13-17H2. The highest BCUT2D eigenvalue weighted by Crippen LogP contribution is 2.25. The molecule has 0 radical (unpaired) electrons. The van der Waals surface area contributed by atoms with Crippen LogP contribution in [0, 0.1) is 0 Å². The smallest absolute Gasteiger partial charge is 0.230 e. The minimum absolute atomic E-state index is 0.183. The van der Waals surface area contributed by atoms with E-state index in [0.717, 1.165) is 37.6 Å². The summed E-state index contributed by atoms with van der Waals surface area (Å²) < 4.78 is 22.0. The topological polar surface area (TPSA) is 43.5 Å². The van der Waals surface area contributed by atoms with Gasteiger partial charge in [0.1, 0.15) is 11.5 Å². The van der Waals surface area contributed by atoms with Gasteiger partial charge in [0.05, 0.1) is 25.4 Å². The summed E-state index contributed by atoms with van der Waals surface area (Å²) in [5.41, 5.74) is 4.96. The molecule has 29 heavy (non-hydrogen) atoms. The van der Waals surface area contributed by atoms with Crippen molar-refractivity contribution in [2.75, 3.05) is 20.0 Å². The first-order chi connectivity index (χ1) is 14.3. The number of ether oxygens (including phenoxy) is 4. The molecule has 2 atom stereocenters. The van der Waals surface area contributed by atoms with Gasteiger partial charge >= 0.3 is 0 Å². The van der Waals surface area contributed by atoms with Crippen LogP contribution < -0.4 is 9.47 Å². The van der Waals surface area contributed by atoms with E-state index in [4.69, 9.17) is 18.9 Å². The SMILES string of the molecule is c1cc(OCOc2ccc(-c3ccc(CC4CO4)cc3)cc2)ccc1CC1CO1. The zero-order chi connectivity index (χ0) is 19.5. The second-order valence-corrected chi connectivity index (χ2v) is 7.59. The van der Waals surface area contributed by atoms with Crippen LogP contribution in [0.3, 0.4) is 0 Å². The van der Waals surface area contributed by atoms with Crippen LogP contribution in [0.4, 0.5) is 0 Å². The number of rotatable bonds is 9. The van der Waals surface area contributed by atoms with Gasteiger partial charge in [-0.15, -0.1) is 0 Å². The third kappa shape index (κ3) is 5.17. The largest absolute Gasteiger partial charge is 0.458 e. The van der Waals surface area contributed by atoms with Crippen molar-refractivity contribution < 1.29 is 18.9 Å². The van der Waals surface area contributed by atoms with Gasteiger partial charge < -0.3 is 18.9 Å². The van der Waals surface area contributed by atoms with Gasteiger partial charge in [0.2, 0.25) is 6.79 Å². The monoisotopic (exact) mass is 388 g/mol. The van der Waals surface area contributed by atoms with Gasteiger partial charge in [0.15, 0.2) is 0 Å². The molecule has 2 heterocycles. The van der Waals surface area contributed by atoms with Crippen LogP contribution in [0.2, 0.25) is 0 Å². The van der Waals surface area contributed by atoms with Gasteiger partial charge in [-0.05, 0) is 46.5 Å². The van der Waals surface area contributed by atoms with Crippen LogP contribution >= 0.6 is 0 Å². The molecule has 2 unspecified atom stereocenters. The minimum Gasteiger partial charge on any atom is -0.458 e. The van der Waals surface area contributed by atoms with E-state index in [1.165, 1.54) is 22.3 Å². The lowest BCUT2D eigenvalue weighted by Gasteiger charge is -2.10. The summed E-state index contributed by atoms with van der Waals surface area (Å²) >= 11 is 0. The summed E-state index contributed by atoms with van der Waals surface area (Å²) in [6, 6.07) is 24.9. The second kappa shape index (κ2) is 8.27. The summed E-state index contributed by atoms with van der Waals surface area (Å²) in [5, 5.41) is 0. The summed E-state index contributed by atoms with van der Waals surface area (Å²) in [6.07, 6.45) is 2.81. The van der Waals surface area contributed by atoms with Crippen LogP contribution in [0.1, 0.15) is 11.1 Å². The Morgan fingerprint density at radius 3 is 1.41 bits per heavy atom. The molecule has 5 rings (SSSR count). The molecule has 2 aliphatic heterocycles. The zero-order valence-corrected chi connectivity index (χ0v) is 16.3. The molecule has 0 N–H and O–H groups in total. The predicted octanol–water partition coefficient (Wildman–Crippen LogP) is 4.65. The molecule has 2 aliphatic rings. The molecule has 3 aromatic rings. The quantitative estimate of drug-likeness (QED) is 0.395. The first kappa shape index (κ1) is 18.2. The fourth-order valence-corrected chi connectivity index (χ4v) is 3.36. The molecular formula is C25H24O4. The van der Waals surface area contributed by atoms with Gasteiger partial charge in [-0.3, -0.25) is 0 Å². The maximum Gasteiger partial charge on any atom is 0.230 e. The van der Waals surface area contributed by atoms with Gasteiger partial charge in [-0.2, -0.15) is 0 Å². The average molecular weight is 388 g/mol. The Balaban J connectivity index is 1.11. The van der Waals surface area contributed by atoms with Crippen molar-refractivity contribution in [3.8, 4) is 22.6 Å². The van der Waals surface area contributed by atoms with E-state index in [1.807, 2.05) is 24.3 Å². The molecule has 0 amide bonds. The third-order valence-corrected chi connectivity index (χ3v) is 5.25. The lowest BCUT2D eigenvalue weighted by atomic mass is 10.0. The van der Waals surface area contributed by atoms with Crippen LogP contribution in [-0.4, -0.2) is 32.2 Å². The van der Waals surface area contributed by atoms with Gasteiger partial charge in [0, 0.05) is 12.8 Å². The Hall–Kier alpha value is -2.82. The van der Waals surface area contributed by atoms with E-state index < -0.39 is 0 Å². The molecule has 3 aromatic carbocycles. The first-order valence-corrected chi connectivity index (χ1v) is 10.1. The summed E-state index contributed by atoms with van der Waals surface area (Å²) in [7, 11) is 0. The summed E-state index contributed by atoms with van der Waals surface area (Å²) in [5.74, 6) is 1.59. The molecular weight excluding hydrogens is 364 g/mol. The maximum atomic E-state index is 5.72. The Labute approximate surface area is 171 Å². The fraction of sp³-hybridized carbons (Fsp3) is 0.280. The van der Waals surface area contributed by atoms with Gasteiger partial charge in [-0.1, -0.05) is 48.5 Å². The van der Waals surface area contributed by atoms with Crippen molar-refractivity contribution in [3.05, 3.63) is 83.9 Å². The van der Waals surface area contributed by atoms with Crippen LogP contribution in [0.15, 0.2) is 72.8 Å². The van der Waals surface area contributed by atoms with Crippen LogP contribution in [0.5, 0.6) is 11.5 Å².